The Morgan fingerprint density at radius 1 is 1.17 bits per heavy atom. The lowest BCUT2D eigenvalue weighted by molar-refractivity contribution is 0.199. The van der Waals surface area contributed by atoms with Crippen molar-refractivity contribution in [3.63, 3.8) is 0 Å². The second-order valence-corrected chi connectivity index (χ2v) is 4.64. The Hall–Kier alpha value is -1.29. The SMILES string of the molecule is CC(O)c1ccc(Oc2cncc(Cl)c2)cc1Cl. The lowest BCUT2D eigenvalue weighted by atomic mass is 10.1. The van der Waals surface area contributed by atoms with Gasteiger partial charge < -0.3 is 9.84 Å². The number of ether oxygens (including phenoxy) is 1. The van der Waals surface area contributed by atoms with Crippen LogP contribution in [0.2, 0.25) is 10.0 Å². The molecule has 0 aliphatic heterocycles. The molecule has 0 fully saturated rings. The molecule has 1 unspecified atom stereocenters. The zero-order valence-electron chi connectivity index (χ0n) is 9.60. The average molecular weight is 284 g/mol. The first-order valence-electron chi connectivity index (χ1n) is 5.32. The first-order chi connectivity index (χ1) is 8.56. The summed E-state index contributed by atoms with van der Waals surface area (Å²) >= 11 is 11.8. The summed E-state index contributed by atoms with van der Waals surface area (Å²) in [5, 5.41) is 10.4. The van der Waals surface area contributed by atoms with Gasteiger partial charge in [0.05, 0.1) is 22.3 Å². The number of halogens is 2. The fourth-order valence-electron chi connectivity index (χ4n) is 1.49. The van der Waals surface area contributed by atoms with Gasteiger partial charge in [-0.3, -0.25) is 4.98 Å². The molecule has 2 aromatic rings. The van der Waals surface area contributed by atoms with Gasteiger partial charge in [-0.25, -0.2) is 0 Å². The third-order valence-corrected chi connectivity index (χ3v) is 2.87. The molecule has 0 saturated carbocycles. The molecule has 94 valence electrons. The summed E-state index contributed by atoms with van der Waals surface area (Å²) < 4.78 is 5.56. The van der Waals surface area contributed by atoms with Gasteiger partial charge in [0.15, 0.2) is 0 Å². The number of hydrogen-bond acceptors (Lipinski definition) is 3. The van der Waals surface area contributed by atoms with Crippen LogP contribution in [0.25, 0.3) is 0 Å². The molecule has 0 radical (unpaired) electrons. The molecule has 5 heteroatoms. The van der Waals surface area contributed by atoms with Crippen molar-refractivity contribution in [2.45, 2.75) is 13.0 Å². The van der Waals surface area contributed by atoms with E-state index in [9.17, 15) is 5.11 Å². The largest absolute Gasteiger partial charge is 0.456 e. The second-order valence-electron chi connectivity index (χ2n) is 3.80. The van der Waals surface area contributed by atoms with Crippen molar-refractivity contribution in [1.29, 1.82) is 0 Å². The van der Waals surface area contributed by atoms with Crippen molar-refractivity contribution >= 4 is 23.2 Å². The van der Waals surface area contributed by atoms with Crippen LogP contribution < -0.4 is 4.74 Å². The third-order valence-electron chi connectivity index (χ3n) is 2.34. The molecule has 1 aromatic carbocycles. The minimum absolute atomic E-state index is 0.456. The molecule has 0 aliphatic carbocycles. The fourth-order valence-corrected chi connectivity index (χ4v) is 1.99. The van der Waals surface area contributed by atoms with Gasteiger partial charge in [0.25, 0.3) is 0 Å². The van der Waals surface area contributed by atoms with E-state index < -0.39 is 6.10 Å². The number of aliphatic hydroxyl groups is 1. The van der Waals surface area contributed by atoms with E-state index in [0.717, 1.165) is 0 Å². The molecule has 1 aromatic heterocycles. The lowest BCUT2D eigenvalue weighted by Gasteiger charge is -2.10. The molecular weight excluding hydrogens is 273 g/mol. The van der Waals surface area contributed by atoms with E-state index in [0.29, 0.717) is 27.1 Å². The minimum atomic E-state index is -0.612. The van der Waals surface area contributed by atoms with Crippen LogP contribution in [0.4, 0.5) is 0 Å². The van der Waals surface area contributed by atoms with Crippen LogP contribution in [0.1, 0.15) is 18.6 Å². The Kier molecular flexibility index (Phi) is 4.07. The predicted octanol–water partition coefficient (Wildman–Crippen LogP) is 4.23. The molecule has 1 heterocycles. The summed E-state index contributed by atoms with van der Waals surface area (Å²) in [6.45, 7) is 1.66. The molecule has 0 amide bonds. The Morgan fingerprint density at radius 2 is 1.94 bits per heavy atom. The van der Waals surface area contributed by atoms with Crippen LogP contribution in [-0.2, 0) is 0 Å². The molecule has 0 aliphatic rings. The van der Waals surface area contributed by atoms with Gasteiger partial charge in [-0.1, -0.05) is 29.3 Å². The molecule has 0 saturated heterocycles. The molecule has 18 heavy (non-hydrogen) atoms. The summed E-state index contributed by atoms with van der Waals surface area (Å²) in [5.74, 6) is 1.09. The van der Waals surface area contributed by atoms with Gasteiger partial charge in [-0.15, -0.1) is 0 Å². The van der Waals surface area contributed by atoms with Crippen molar-refractivity contribution in [1.82, 2.24) is 4.98 Å². The van der Waals surface area contributed by atoms with Crippen LogP contribution in [0.3, 0.4) is 0 Å². The highest BCUT2D eigenvalue weighted by atomic mass is 35.5. The zero-order chi connectivity index (χ0) is 13.1. The van der Waals surface area contributed by atoms with E-state index in [1.165, 1.54) is 6.20 Å². The maximum Gasteiger partial charge on any atom is 0.147 e. The first kappa shape index (κ1) is 13.1. The van der Waals surface area contributed by atoms with E-state index in [-0.39, 0.29) is 0 Å². The monoisotopic (exact) mass is 283 g/mol. The molecule has 0 bridgehead atoms. The van der Waals surface area contributed by atoms with Crippen molar-refractivity contribution in [3.05, 3.63) is 52.3 Å². The number of hydrogen-bond donors (Lipinski definition) is 1. The van der Waals surface area contributed by atoms with E-state index >= 15 is 0 Å². The van der Waals surface area contributed by atoms with Crippen molar-refractivity contribution in [2.75, 3.05) is 0 Å². The Balaban J connectivity index is 2.23. The summed E-state index contributed by atoms with van der Waals surface area (Å²) in [6, 6.07) is 6.75. The standard InChI is InChI=1S/C13H11Cl2NO2/c1-8(17)12-3-2-10(5-13(12)15)18-11-4-9(14)6-16-7-11/h2-8,17H,1H3. The number of nitrogens with zero attached hydrogens (tertiary/aromatic N) is 1. The molecule has 2 rings (SSSR count). The van der Waals surface area contributed by atoms with E-state index in [1.807, 2.05) is 0 Å². The van der Waals surface area contributed by atoms with Gasteiger partial charge >= 0.3 is 0 Å². The van der Waals surface area contributed by atoms with Crippen LogP contribution in [-0.4, -0.2) is 10.1 Å². The first-order valence-corrected chi connectivity index (χ1v) is 6.08. The van der Waals surface area contributed by atoms with E-state index in [2.05, 4.69) is 4.98 Å². The topological polar surface area (TPSA) is 42.4 Å². The molecule has 1 N–H and O–H groups in total. The Bertz CT molecular complexity index is 558. The van der Waals surface area contributed by atoms with E-state index in [4.69, 9.17) is 27.9 Å². The molecular formula is C13H11Cl2NO2. The number of pyridine rings is 1. The number of aromatic nitrogens is 1. The predicted molar refractivity (Wildman–Crippen MR) is 71.4 cm³/mol. The number of aliphatic hydroxyl groups excluding tert-OH is 1. The highest BCUT2D eigenvalue weighted by molar-refractivity contribution is 6.31. The fraction of sp³-hybridized carbons (Fsp3) is 0.154. The quantitative estimate of drug-likeness (QED) is 0.916. The normalized spacial score (nSPS) is 12.2. The lowest BCUT2D eigenvalue weighted by Crippen LogP contribution is -1.93. The van der Waals surface area contributed by atoms with Crippen LogP contribution in [0.5, 0.6) is 11.5 Å². The van der Waals surface area contributed by atoms with Gasteiger partial charge in [-0.2, -0.15) is 0 Å². The molecule has 1 atom stereocenters. The van der Waals surface area contributed by atoms with Gasteiger partial charge in [-0.05, 0) is 24.6 Å². The van der Waals surface area contributed by atoms with Gasteiger partial charge in [0.2, 0.25) is 0 Å². The van der Waals surface area contributed by atoms with Gasteiger partial charge in [0.1, 0.15) is 11.5 Å². The second kappa shape index (κ2) is 5.57. The highest BCUT2D eigenvalue weighted by Gasteiger charge is 2.08. The van der Waals surface area contributed by atoms with Crippen LogP contribution in [0, 0.1) is 0 Å². The van der Waals surface area contributed by atoms with Crippen LogP contribution >= 0.6 is 23.2 Å². The van der Waals surface area contributed by atoms with Crippen molar-refractivity contribution in [2.24, 2.45) is 0 Å². The smallest absolute Gasteiger partial charge is 0.147 e. The zero-order valence-corrected chi connectivity index (χ0v) is 11.1. The Morgan fingerprint density at radius 3 is 2.56 bits per heavy atom. The molecule has 0 spiro atoms. The maximum absolute atomic E-state index is 9.47. The van der Waals surface area contributed by atoms with Gasteiger partial charge in [0, 0.05) is 12.3 Å². The Labute approximate surface area is 115 Å². The maximum atomic E-state index is 9.47. The third kappa shape index (κ3) is 3.13. The number of benzene rings is 1. The van der Waals surface area contributed by atoms with E-state index in [1.54, 1.807) is 37.4 Å². The summed E-state index contributed by atoms with van der Waals surface area (Å²) in [5.41, 5.74) is 0.660. The summed E-state index contributed by atoms with van der Waals surface area (Å²) in [6.07, 6.45) is 2.47. The molecule has 3 nitrogen and oxygen atoms in total. The summed E-state index contributed by atoms with van der Waals surface area (Å²) in [4.78, 5) is 3.92. The van der Waals surface area contributed by atoms with Crippen molar-refractivity contribution < 1.29 is 9.84 Å². The minimum Gasteiger partial charge on any atom is -0.456 e. The number of rotatable bonds is 3. The van der Waals surface area contributed by atoms with Crippen LogP contribution in [0.15, 0.2) is 36.7 Å². The average Bonchev–Trinajstić information content (AvgIpc) is 2.28. The van der Waals surface area contributed by atoms with Crippen molar-refractivity contribution in [3.8, 4) is 11.5 Å². The highest BCUT2D eigenvalue weighted by Crippen LogP contribution is 2.30. The summed E-state index contributed by atoms with van der Waals surface area (Å²) in [7, 11) is 0.